The van der Waals surface area contributed by atoms with E-state index < -0.39 is 17.8 Å². The monoisotopic (exact) mass is 540 g/mol. The molecule has 4 aromatic carbocycles. The van der Waals surface area contributed by atoms with Crippen molar-refractivity contribution in [1.82, 2.24) is 5.32 Å². The molecular weight excluding hydrogens is 516 g/mol. The third-order valence-electron chi connectivity index (χ3n) is 6.23. The van der Waals surface area contributed by atoms with Gasteiger partial charge in [0, 0.05) is 16.1 Å². The maximum atomic E-state index is 13.5. The second kappa shape index (κ2) is 11.4. The van der Waals surface area contributed by atoms with Crippen LogP contribution in [-0.4, -0.2) is 24.5 Å². The number of amides is 4. The number of carbonyl (C=O) groups is 3. The number of halogens is 1. The molecule has 0 spiro atoms. The highest BCUT2D eigenvalue weighted by Gasteiger charge is 2.37. The Kier molecular flexibility index (Phi) is 7.61. The zero-order valence-electron chi connectivity index (χ0n) is 21.1. The van der Waals surface area contributed by atoms with Gasteiger partial charge in [0.05, 0.1) is 12.3 Å². The van der Waals surface area contributed by atoms with E-state index in [-0.39, 0.29) is 12.2 Å². The lowest BCUT2D eigenvalue weighted by atomic mass is 9.99. The van der Waals surface area contributed by atoms with Crippen molar-refractivity contribution in [3.8, 4) is 11.5 Å². The van der Waals surface area contributed by atoms with E-state index in [1.165, 1.54) is 6.08 Å². The largest absolute Gasteiger partial charge is 0.493 e. The maximum Gasteiger partial charge on any atom is 0.335 e. The first-order valence-electron chi connectivity index (χ1n) is 12.5. The quantitative estimate of drug-likeness (QED) is 0.203. The summed E-state index contributed by atoms with van der Waals surface area (Å²) in [6, 6.07) is 24.4. The number of barbiturate groups is 1. The molecule has 0 saturated carbocycles. The summed E-state index contributed by atoms with van der Waals surface area (Å²) in [6.07, 6.45) is 2.29. The van der Waals surface area contributed by atoms with Crippen LogP contribution in [0.15, 0.2) is 90.5 Å². The molecule has 1 heterocycles. The smallest absolute Gasteiger partial charge is 0.335 e. The summed E-state index contributed by atoms with van der Waals surface area (Å²) in [5, 5.41) is 4.63. The van der Waals surface area contributed by atoms with Crippen molar-refractivity contribution in [3.63, 3.8) is 0 Å². The van der Waals surface area contributed by atoms with Crippen molar-refractivity contribution in [2.75, 3.05) is 11.5 Å². The molecule has 0 bridgehead atoms. The van der Waals surface area contributed by atoms with E-state index in [9.17, 15) is 14.4 Å². The summed E-state index contributed by atoms with van der Waals surface area (Å²) in [5.74, 6) is -0.422. The van der Waals surface area contributed by atoms with E-state index in [1.807, 2.05) is 61.5 Å². The minimum absolute atomic E-state index is 0.175. The van der Waals surface area contributed by atoms with Crippen molar-refractivity contribution >= 4 is 52.0 Å². The highest BCUT2D eigenvalue weighted by Crippen LogP contribution is 2.32. The van der Waals surface area contributed by atoms with Crippen LogP contribution in [0.4, 0.5) is 10.5 Å². The predicted molar refractivity (Wildman–Crippen MR) is 151 cm³/mol. The van der Waals surface area contributed by atoms with Crippen LogP contribution in [0.3, 0.4) is 0 Å². The highest BCUT2D eigenvalue weighted by molar-refractivity contribution is 6.39. The van der Waals surface area contributed by atoms with Crippen LogP contribution in [0.25, 0.3) is 16.8 Å². The molecular formula is C31H25ClN2O5. The van der Waals surface area contributed by atoms with Crippen LogP contribution in [-0.2, 0) is 16.2 Å². The summed E-state index contributed by atoms with van der Waals surface area (Å²) < 4.78 is 11.7. The van der Waals surface area contributed by atoms with Gasteiger partial charge in [-0.25, -0.2) is 9.69 Å². The van der Waals surface area contributed by atoms with E-state index in [1.54, 1.807) is 30.3 Å². The van der Waals surface area contributed by atoms with Crippen LogP contribution >= 0.6 is 11.6 Å². The number of nitrogens with zero attached hydrogens (tertiary/aromatic N) is 1. The van der Waals surface area contributed by atoms with Crippen molar-refractivity contribution in [3.05, 3.63) is 107 Å². The summed E-state index contributed by atoms with van der Waals surface area (Å²) in [4.78, 5) is 40.1. The molecule has 1 aliphatic rings. The van der Waals surface area contributed by atoms with Crippen molar-refractivity contribution in [1.29, 1.82) is 0 Å². The van der Waals surface area contributed by atoms with Crippen LogP contribution < -0.4 is 19.7 Å². The number of hydrogen-bond acceptors (Lipinski definition) is 5. The third kappa shape index (κ3) is 5.49. The Labute approximate surface area is 230 Å². The molecule has 8 heteroatoms. The van der Waals surface area contributed by atoms with E-state index in [0.29, 0.717) is 34.4 Å². The van der Waals surface area contributed by atoms with E-state index >= 15 is 0 Å². The van der Waals surface area contributed by atoms with Gasteiger partial charge >= 0.3 is 6.03 Å². The van der Waals surface area contributed by atoms with E-state index in [0.717, 1.165) is 27.7 Å². The summed E-state index contributed by atoms with van der Waals surface area (Å²) in [6.45, 7) is 2.73. The van der Waals surface area contributed by atoms with E-state index in [2.05, 4.69) is 5.32 Å². The Morgan fingerprint density at radius 1 is 0.872 bits per heavy atom. The molecule has 7 nitrogen and oxygen atoms in total. The number of anilines is 1. The molecule has 4 amide bonds. The van der Waals surface area contributed by atoms with Crippen molar-refractivity contribution in [2.24, 2.45) is 0 Å². The lowest BCUT2D eigenvalue weighted by molar-refractivity contribution is -0.122. The number of urea groups is 1. The number of benzene rings is 4. The molecule has 1 aliphatic heterocycles. The Balaban J connectivity index is 1.44. The molecule has 0 atom stereocenters. The Bertz CT molecular complexity index is 1600. The number of hydrogen-bond donors (Lipinski definition) is 1. The Hall–Kier alpha value is -4.62. The molecule has 1 N–H and O–H groups in total. The van der Waals surface area contributed by atoms with Gasteiger partial charge in [0.1, 0.15) is 23.7 Å². The zero-order chi connectivity index (χ0) is 27.4. The number of nitrogens with one attached hydrogen (secondary N) is 1. The molecule has 39 heavy (non-hydrogen) atoms. The molecule has 0 aliphatic carbocycles. The molecule has 4 aromatic rings. The van der Waals surface area contributed by atoms with E-state index in [4.69, 9.17) is 21.1 Å². The van der Waals surface area contributed by atoms with Gasteiger partial charge in [0.2, 0.25) is 0 Å². The fourth-order valence-electron chi connectivity index (χ4n) is 4.27. The number of carbonyl (C=O) groups excluding carboxylic acids is 3. The molecule has 0 aromatic heterocycles. The minimum Gasteiger partial charge on any atom is -0.493 e. The maximum absolute atomic E-state index is 13.5. The lowest BCUT2D eigenvalue weighted by Gasteiger charge is -2.26. The molecule has 0 unspecified atom stereocenters. The van der Waals surface area contributed by atoms with Crippen LogP contribution in [0.2, 0.25) is 5.02 Å². The van der Waals surface area contributed by atoms with Gasteiger partial charge in [-0.05, 0) is 59.7 Å². The first kappa shape index (κ1) is 26.0. The minimum atomic E-state index is -0.827. The first-order chi connectivity index (χ1) is 19.0. The van der Waals surface area contributed by atoms with Gasteiger partial charge in [0.25, 0.3) is 11.8 Å². The topological polar surface area (TPSA) is 84.9 Å². The number of ether oxygens (including phenoxy) is 2. The number of fused-ring (bicyclic) bond motifs is 1. The van der Waals surface area contributed by atoms with Crippen molar-refractivity contribution < 1.29 is 23.9 Å². The number of rotatable bonds is 8. The molecule has 0 radical (unpaired) electrons. The molecule has 5 rings (SSSR count). The second-order valence-corrected chi connectivity index (χ2v) is 9.29. The molecule has 1 fully saturated rings. The molecule has 196 valence electrons. The average Bonchev–Trinajstić information content (AvgIpc) is 2.94. The van der Waals surface area contributed by atoms with Crippen LogP contribution in [0.1, 0.15) is 24.5 Å². The predicted octanol–water partition coefficient (Wildman–Crippen LogP) is 6.53. The third-order valence-corrected chi connectivity index (χ3v) is 6.60. The number of imide groups is 2. The normalized spacial score (nSPS) is 14.6. The second-order valence-electron chi connectivity index (χ2n) is 8.88. The van der Waals surface area contributed by atoms with Gasteiger partial charge in [-0.15, -0.1) is 0 Å². The van der Waals surface area contributed by atoms with Gasteiger partial charge in [-0.3, -0.25) is 14.9 Å². The zero-order valence-corrected chi connectivity index (χ0v) is 21.9. The summed E-state index contributed by atoms with van der Waals surface area (Å²) in [5.41, 5.74) is 1.54. The highest BCUT2D eigenvalue weighted by atomic mass is 35.5. The van der Waals surface area contributed by atoms with Gasteiger partial charge in [0.15, 0.2) is 0 Å². The van der Waals surface area contributed by atoms with Crippen LogP contribution in [0.5, 0.6) is 11.5 Å². The SMILES string of the molecule is CCCOc1ccc2ccccc2c1/C=C1\C(=O)NC(=O)N(c2ccc(OCc3ccccc3Cl)cc2)C1=O. The molecule has 1 saturated heterocycles. The van der Waals surface area contributed by atoms with Crippen molar-refractivity contribution in [2.45, 2.75) is 20.0 Å². The fraction of sp³-hybridized carbons (Fsp3) is 0.129. The first-order valence-corrected chi connectivity index (χ1v) is 12.9. The van der Waals surface area contributed by atoms with Gasteiger partial charge in [-0.2, -0.15) is 0 Å². The summed E-state index contributed by atoms with van der Waals surface area (Å²) in [7, 11) is 0. The standard InChI is InChI=1S/C31H25ClN2O5/c1-2-17-38-28-16-11-20-7-3-5-9-24(20)25(28)18-26-29(35)33-31(37)34(30(26)36)22-12-14-23(15-13-22)39-19-21-8-4-6-10-27(21)32/h3-16,18H,2,17,19H2,1H3,(H,33,35,37)/b26-18+. The van der Waals surface area contributed by atoms with Gasteiger partial charge < -0.3 is 9.47 Å². The Morgan fingerprint density at radius 3 is 2.38 bits per heavy atom. The average molecular weight is 541 g/mol. The lowest BCUT2D eigenvalue weighted by Crippen LogP contribution is -2.54. The fourth-order valence-corrected chi connectivity index (χ4v) is 4.46. The van der Waals surface area contributed by atoms with Crippen LogP contribution in [0, 0.1) is 0 Å². The van der Waals surface area contributed by atoms with Gasteiger partial charge in [-0.1, -0.05) is 67.1 Å². The Morgan fingerprint density at radius 2 is 1.62 bits per heavy atom. The summed E-state index contributed by atoms with van der Waals surface area (Å²) >= 11 is 6.19.